The van der Waals surface area contributed by atoms with Gasteiger partial charge in [-0.3, -0.25) is 4.79 Å². The van der Waals surface area contributed by atoms with Gasteiger partial charge in [0.15, 0.2) is 5.96 Å². The van der Waals surface area contributed by atoms with E-state index in [0.717, 1.165) is 0 Å². The number of amides is 1. The molecule has 0 bridgehead atoms. The molecule has 1 aromatic rings. The first-order valence-electron chi connectivity index (χ1n) is 4.80. The molecule has 0 spiro atoms. The minimum atomic E-state index is -4.87. The molecule has 6 N–H and O–H groups in total. The van der Waals surface area contributed by atoms with Crippen LogP contribution in [0.3, 0.4) is 0 Å². The van der Waals surface area contributed by atoms with Gasteiger partial charge in [-0.2, -0.15) is 18.2 Å². The molecule has 0 saturated carbocycles. The van der Waals surface area contributed by atoms with Gasteiger partial charge < -0.3 is 11.5 Å². The van der Waals surface area contributed by atoms with E-state index in [-0.39, 0.29) is 12.4 Å². The number of nitrogens with two attached hydrogens (primary N) is 3. The number of alkyl halides is 3. The molecule has 0 aliphatic heterocycles. The van der Waals surface area contributed by atoms with Crippen LogP contribution in [0, 0.1) is 0 Å². The van der Waals surface area contributed by atoms with Gasteiger partial charge in [0.2, 0.25) is 10.0 Å². The van der Waals surface area contributed by atoms with E-state index in [2.05, 4.69) is 4.99 Å². The molecule has 0 saturated heterocycles. The van der Waals surface area contributed by atoms with Gasteiger partial charge in [0.25, 0.3) is 5.91 Å². The van der Waals surface area contributed by atoms with E-state index < -0.39 is 44.1 Å². The highest BCUT2D eigenvalue weighted by atomic mass is 35.5. The zero-order valence-corrected chi connectivity index (χ0v) is 11.7. The standard InChI is InChI=1S/C9H9F3N4O3S.ClH/c10-9(11,12)5-1-4(7(17)16-8(13)14)2-6(3-5)20(15,18)19;/h1-3H,(H2,15,18,19)(H4,13,14,16,17);1H. The molecule has 0 aromatic heterocycles. The van der Waals surface area contributed by atoms with Crippen LogP contribution in [0.15, 0.2) is 28.1 Å². The van der Waals surface area contributed by atoms with Crippen molar-refractivity contribution in [3.63, 3.8) is 0 Å². The minimum Gasteiger partial charge on any atom is -0.370 e. The Morgan fingerprint density at radius 1 is 1.14 bits per heavy atom. The van der Waals surface area contributed by atoms with E-state index in [9.17, 15) is 26.4 Å². The average Bonchev–Trinajstić information content (AvgIpc) is 2.25. The third-order valence-corrected chi connectivity index (χ3v) is 2.93. The number of hydrogen-bond acceptors (Lipinski definition) is 3. The Hall–Kier alpha value is -1.85. The van der Waals surface area contributed by atoms with E-state index in [1.165, 1.54) is 0 Å². The van der Waals surface area contributed by atoms with E-state index >= 15 is 0 Å². The fraction of sp³-hybridized carbons (Fsp3) is 0.111. The summed E-state index contributed by atoms with van der Waals surface area (Å²) in [6.07, 6.45) is -4.87. The van der Waals surface area contributed by atoms with E-state index in [1.54, 1.807) is 0 Å². The van der Waals surface area contributed by atoms with Gasteiger partial charge >= 0.3 is 6.18 Å². The number of aliphatic imine (C=N–C) groups is 1. The molecular weight excluding hydrogens is 337 g/mol. The Bertz CT molecular complexity index is 684. The fourth-order valence-electron chi connectivity index (χ4n) is 1.23. The number of halogens is 4. The molecule has 1 amide bonds. The zero-order chi connectivity index (χ0) is 15.7. The van der Waals surface area contributed by atoms with Crippen molar-refractivity contribution in [1.82, 2.24) is 0 Å². The van der Waals surface area contributed by atoms with Gasteiger partial charge in [-0.1, -0.05) is 0 Å². The van der Waals surface area contributed by atoms with Crippen molar-refractivity contribution in [2.24, 2.45) is 21.6 Å². The number of guanidine groups is 1. The van der Waals surface area contributed by atoms with Crippen molar-refractivity contribution >= 4 is 34.3 Å². The van der Waals surface area contributed by atoms with Crippen molar-refractivity contribution < 1.29 is 26.4 Å². The van der Waals surface area contributed by atoms with E-state index in [1.807, 2.05) is 0 Å². The summed E-state index contributed by atoms with van der Waals surface area (Å²) in [5, 5.41) is 4.75. The van der Waals surface area contributed by atoms with Crippen LogP contribution in [-0.2, 0) is 16.2 Å². The lowest BCUT2D eigenvalue weighted by molar-refractivity contribution is -0.137. The first-order chi connectivity index (χ1) is 8.91. The van der Waals surface area contributed by atoms with Crippen LogP contribution in [0.4, 0.5) is 13.2 Å². The molecule has 0 aliphatic carbocycles. The first kappa shape index (κ1) is 19.1. The van der Waals surface area contributed by atoms with Crippen molar-refractivity contribution in [2.75, 3.05) is 0 Å². The van der Waals surface area contributed by atoms with Crippen LogP contribution >= 0.6 is 12.4 Å². The summed E-state index contributed by atoms with van der Waals surface area (Å²) in [4.78, 5) is 13.6. The van der Waals surface area contributed by atoms with Crippen molar-refractivity contribution in [3.8, 4) is 0 Å². The second-order valence-electron chi connectivity index (χ2n) is 3.63. The predicted molar refractivity (Wildman–Crippen MR) is 70.2 cm³/mol. The maximum absolute atomic E-state index is 12.6. The third-order valence-electron chi connectivity index (χ3n) is 2.04. The summed E-state index contributed by atoms with van der Waals surface area (Å²) in [6, 6.07) is 1.38. The Labute approximate surface area is 123 Å². The van der Waals surface area contributed by atoms with Crippen LogP contribution < -0.4 is 16.6 Å². The third kappa shape index (κ3) is 5.21. The summed E-state index contributed by atoms with van der Waals surface area (Å²) in [5.74, 6) is -1.90. The Balaban J connectivity index is 0.00000400. The quantitative estimate of drug-likeness (QED) is 0.517. The van der Waals surface area contributed by atoms with E-state index in [0.29, 0.717) is 18.2 Å². The molecule has 0 fully saturated rings. The first-order valence-corrected chi connectivity index (χ1v) is 6.35. The number of nitrogens with zero attached hydrogens (tertiary/aromatic N) is 1. The van der Waals surface area contributed by atoms with E-state index in [4.69, 9.17) is 16.6 Å². The lowest BCUT2D eigenvalue weighted by Gasteiger charge is -2.10. The number of sulfonamides is 1. The molecule has 1 aromatic carbocycles. The SMILES string of the molecule is Cl.NC(N)=NC(=O)c1cc(C(F)(F)F)cc(S(N)(=O)=O)c1. The highest BCUT2D eigenvalue weighted by Crippen LogP contribution is 2.31. The second-order valence-corrected chi connectivity index (χ2v) is 5.19. The molecule has 1 rings (SSSR count). The Morgan fingerprint density at radius 3 is 2.05 bits per heavy atom. The molecule has 12 heteroatoms. The lowest BCUT2D eigenvalue weighted by atomic mass is 10.1. The van der Waals surface area contributed by atoms with Gasteiger partial charge in [0, 0.05) is 5.56 Å². The number of rotatable bonds is 2. The number of hydrogen-bond donors (Lipinski definition) is 3. The highest BCUT2D eigenvalue weighted by Gasteiger charge is 2.32. The van der Waals surface area contributed by atoms with Crippen LogP contribution in [-0.4, -0.2) is 20.3 Å². The Morgan fingerprint density at radius 2 is 1.67 bits per heavy atom. The number of carbonyl (C=O) groups excluding carboxylic acids is 1. The number of benzene rings is 1. The minimum absolute atomic E-state index is 0. The van der Waals surface area contributed by atoms with Crippen LogP contribution in [0.2, 0.25) is 0 Å². The summed E-state index contributed by atoms with van der Waals surface area (Å²) >= 11 is 0. The maximum atomic E-state index is 12.6. The monoisotopic (exact) mass is 346 g/mol. The van der Waals surface area contributed by atoms with Crippen molar-refractivity contribution in [2.45, 2.75) is 11.1 Å². The highest BCUT2D eigenvalue weighted by molar-refractivity contribution is 7.89. The fourth-order valence-corrected chi connectivity index (χ4v) is 1.81. The van der Waals surface area contributed by atoms with Crippen molar-refractivity contribution in [1.29, 1.82) is 0 Å². The molecule has 0 radical (unpaired) electrons. The van der Waals surface area contributed by atoms with Gasteiger partial charge in [-0.25, -0.2) is 13.6 Å². The largest absolute Gasteiger partial charge is 0.416 e. The molecule has 0 heterocycles. The number of carbonyl (C=O) groups is 1. The van der Waals surface area contributed by atoms with Crippen LogP contribution in [0.25, 0.3) is 0 Å². The topological polar surface area (TPSA) is 142 Å². The molecule has 118 valence electrons. The summed E-state index contributed by atoms with van der Waals surface area (Å²) in [5.41, 5.74) is 7.82. The van der Waals surface area contributed by atoms with Crippen LogP contribution in [0.1, 0.15) is 15.9 Å². The van der Waals surface area contributed by atoms with Gasteiger partial charge in [0.05, 0.1) is 10.5 Å². The molecule has 21 heavy (non-hydrogen) atoms. The Kier molecular flexibility index (Phi) is 5.73. The van der Waals surface area contributed by atoms with Gasteiger partial charge in [0.1, 0.15) is 0 Å². The van der Waals surface area contributed by atoms with Crippen LogP contribution in [0.5, 0.6) is 0 Å². The summed E-state index contributed by atoms with van der Waals surface area (Å²) in [6.45, 7) is 0. The van der Waals surface area contributed by atoms with Gasteiger partial charge in [-0.15, -0.1) is 12.4 Å². The number of primary sulfonamides is 1. The normalized spacial score (nSPS) is 11.4. The zero-order valence-electron chi connectivity index (χ0n) is 10.1. The molecular formula is C9H10ClF3N4O3S. The molecule has 7 nitrogen and oxygen atoms in total. The van der Waals surface area contributed by atoms with Crippen molar-refractivity contribution in [3.05, 3.63) is 29.3 Å². The molecule has 0 aliphatic rings. The summed E-state index contributed by atoms with van der Waals surface area (Å²) < 4.78 is 60.1. The average molecular weight is 347 g/mol. The molecule has 0 atom stereocenters. The summed E-state index contributed by atoms with van der Waals surface area (Å²) in [7, 11) is -4.43. The lowest BCUT2D eigenvalue weighted by Crippen LogP contribution is -2.24. The maximum Gasteiger partial charge on any atom is 0.416 e. The smallest absolute Gasteiger partial charge is 0.370 e. The second kappa shape index (κ2) is 6.28. The predicted octanol–water partition coefficient (Wildman–Crippen LogP) is 0.188. The molecule has 0 unspecified atom stereocenters. The van der Waals surface area contributed by atoms with Gasteiger partial charge in [-0.05, 0) is 18.2 Å².